The quantitative estimate of drug-likeness (QED) is 0.866. The maximum Gasteiger partial charge on any atom is 0.317 e. The number of urea groups is 1. The number of nitrogens with zero attached hydrogens (tertiary/aromatic N) is 1. The van der Waals surface area contributed by atoms with Gasteiger partial charge in [-0.15, -0.1) is 11.3 Å². The molecule has 0 aliphatic carbocycles. The van der Waals surface area contributed by atoms with Crippen LogP contribution in [-0.4, -0.2) is 24.0 Å². The second-order valence-corrected chi connectivity index (χ2v) is 5.59. The van der Waals surface area contributed by atoms with Crippen molar-refractivity contribution < 1.29 is 4.79 Å². The van der Waals surface area contributed by atoms with Crippen LogP contribution in [-0.2, 0) is 13.0 Å². The second-order valence-electron chi connectivity index (χ2n) is 4.56. The smallest absolute Gasteiger partial charge is 0.317 e. The number of carbonyl (C=O) groups excluding carboxylic acids is 1. The van der Waals surface area contributed by atoms with Crippen LogP contribution in [0.4, 0.5) is 4.79 Å². The Morgan fingerprint density at radius 2 is 2.00 bits per heavy atom. The summed E-state index contributed by atoms with van der Waals surface area (Å²) in [6.07, 6.45) is 0.864. The highest BCUT2D eigenvalue weighted by molar-refractivity contribution is 7.09. The number of thiophene rings is 1. The number of amides is 2. The zero-order valence-corrected chi connectivity index (χ0v) is 12.5. The molecule has 1 heterocycles. The van der Waals surface area contributed by atoms with Crippen molar-refractivity contribution in [1.29, 1.82) is 0 Å². The molecular weight excluding hydrogens is 268 g/mol. The molecule has 1 N–H and O–H groups in total. The molecular formula is C16H20N2OS. The fourth-order valence-corrected chi connectivity index (χ4v) is 2.71. The van der Waals surface area contributed by atoms with Gasteiger partial charge in [0.25, 0.3) is 0 Å². The molecule has 0 saturated heterocycles. The monoisotopic (exact) mass is 288 g/mol. The summed E-state index contributed by atoms with van der Waals surface area (Å²) in [5.41, 5.74) is 1.24. The molecule has 0 fully saturated rings. The van der Waals surface area contributed by atoms with E-state index in [1.165, 1.54) is 10.4 Å². The number of benzene rings is 1. The summed E-state index contributed by atoms with van der Waals surface area (Å²) >= 11 is 1.68. The normalized spacial score (nSPS) is 10.2. The third-order valence-corrected chi connectivity index (χ3v) is 3.99. The first-order valence-corrected chi connectivity index (χ1v) is 7.76. The summed E-state index contributed by atoms with van der Waals surface area (Å²) in [6.45, 7) is 4.08. The molecule has 20 heavy (non-hydrogen) atoms. The van der Waals surface area contributed by atoms with Gasteiger partial charge in [-0.1, -0.05) is 36.4 Å². The molecule has 2 amide bonds. The first kappa shape index (κ1) is 14.6. The predicted octanol–water partition coefficient (Wildman–Crippen LogP) is 3.52. The molecule has 3 nitrogen and oxygen atoms in total. The van der Waals surface area contributed by atoms with Crippen molar-refractivity contribution in [3.05, 3.63) is 58.3 Å². The first-order chi connectivity index (χ1) is 9.79. The van der Waals surface area contributed by atoms with E-state index in [1.807, 2.05) is 41.5 Å². The standard InChI is InChI=1S/C16H20N2OS/c1-2-18(13-15-9-6-12-20-15)16(19)17-11-10-14-7-4-3-5-8-14/h3-9,12H,2,10-11,13H2,1H3,(H,17,19). The van der Waals surface area contributed by atoms with Gasteiger partial charge in [-0.05, 0) is 30.4 Å². The maximum atomic E-state index is 12.1. The third kappa shape index (κ3) is 4.38. The third-order valence-electron chi connectivity index (χ3n) is 3.13. The van der Waals surface area contributed by atoms with Crippen molar-refractivity contribution in [2.45, 2.75) is 19.9 Å². The molecule has 4 heteroatoms. The lowest BCUT2D eigenvalue weighted by Gasteiger charge is -2.20. The summed E-state index contributed by atoms with van der Waals surface area (Å²) in [7, 11) is 0. The van der Waals surface area contributed by atoms with E-state index in [-0.39, 0.29) is 6.03 Å². The highest BCUT2D eigenvalue weighted by atomic mass is 32.1. The molecule has 2 aromatic rings. The average Bonchev–Trinajstić information content (AvgIpc) is 2.98. The largest absolute Gasteiger partial charge is 0.338 e. The van der Waals surface area contributed by atoms with Crippen LogP contribution in [0.1, 0.15) is 17.4 Å². The highest BCUT2D eigenvalue weighted by Crippen LogP contribution is 2.11. The lowest BCUT2D eigenvalue weighted by Crippen LogP contribution is -2.40. The van der Waals surface area contributed by atoms with E-state index in [2.05, 4.69) is 23.5 Å². The van der Waals surface area contributed by atoms with Gasteiger partial charge in [0, 0.05) is 18.0 Å². The Morgan fingerprint density at radius 1 is 1.20 bits per heavy atom. The van der Waals surface area contributed by atoms with Crippen molar-refractivity contribution in [3.63, 3.8) is 0 Å². The molecule has 0 spiro atoms. The second kappa shape index (κ2) is 7.70. The maximum absolute atomic E-state index is 12.1. The van der Waals surface area contributed by atoms with E-state index >= 15 is 0 Å². The Morgan fingerprint density at radius 3 is 2.65 bits per heavy atom. The minimum absolute atomic E-state index is 0.0110. The lowest BCUT2D eigenvalue weighted by atomic mass is 10.1. The van der Waals surface area contributed by atoms with Gasteiger partial charge >= 0.3 is 6.03 Å². The van der Waals surface area contributed by atoms with E-state index in [0.29, 0.717) is 13.1 Å². The van der Waals surface area contributed by atoms with Gasteiger partial charge in [-0.2, -0.15) is 0 Å². The number of hydrogen-bond donors (Lipinski definition) is 1. The molecule has 0 aliphatic heterocycles. The van der Waals surface area contributed by atoms with Gasteiger partial charge in [-0.3, -0.25) is 0 Å². The van der Waals surface area contributed by atoms with Crippen LogP contribution in [0.3, 0.4) is 0 Å². The van der Waals surface area contributed by atoms with E-state index in [4.69, 9.17) is 0 Å². The van der Waals surface area contributed by atoms with E-state index in [0.717, 1.165) is 13.0 Å². The van der Waals surface area contributed by atoms with Crippen molar-refractivity contribution in [3.8, 4) is 0 Å². The summed E-state index contributed by atoms with van der Waals surface area (Å²) in [5, 5.41) is 5.02. The van der Waals surface area contributed by atoms with Crippen LogP contribution >= 0.6 is 11.3 Å². The summed E-state index contributed by atoms with van der Waals surface area (Å²) in [6, 6.07) is 14.3. The van der Waals surface area contributed by atoms with Crippen LogP contribution in [0, 0.1) is 0 Å². The number of nitrogens with one attached hydrogen (secondary N) is 1. The van der Waals surface area contributed by atoms with Gasteiger partial charge in [0.15, 0.2) is 0 Å². The van der Waals surface area contributed by atoms with Crippen LogP contribution in [0.5, 0.6) is 0 Å². The zero-order valence-electron chi connectivity index (χ0n) is 11.7. The van der Waals surface area contributed by atoms with Gasteiger partial charge in [0.2, 0.25) is 0 Å². The van der Waals surface area contributed by atoms with Crippen LogP contribution in [0.25, 0.3) is 0 Å². The van der Waals surface area contributed by atoms with E-state index < -0.39 is 0 Å². The molecule has 0 radical (unpaired) electrons. The van der Waals surface area contributed by atoms with Gasteiger partial charge in [0.05, 0.1) is 6.54 Å². The van der Waals surface area contributed by atoms with Crippen molar-refractivity contribution >= 4 is 17.4 Å². The zero-order chi connectivity index (χ0) is 14.2. The van der Waals surface area contributed by atoms with E-state index in [1.54, 1.807) is 11.3 Å². The molecule has 106 valence electrons. The van der Waals surface area contributed by atoms with E-state index in [9.17, 15) is 4.79 Å². The van der Waals surface area contributed by atoms with Crippen LogP contribution in [0.15, 0.2) is 47.8 Å². The van der Waals surface area contributed by atoms with Gasteiger partial charge < -0.3 is 10.2 Å². The molecule has 0 bridgehead atoms. The predicted molar refractivity (Wildman–Crippen MR) is 83.9 cm³/mol. The van der Waals surface area contributed by atoms with Crippen molar-refractivity contribution in [2.75, 3.05) is 13.1 Å². The fraction of sp³-hybridized carbons (Fsp3) is 0.312. The SMILES string of the molecule is CCN(Cc1cccs1)C(=O)NCCc1ccccc1. The Labute approximate surface area is 124 Å². The lowest BCUT2D eigenvalue weighted by molar-refractivity contribution is 0.199. The fourth-order valence-electron chi connectivity index (χ4n) is 1.99. The first-order valence-electron chi connectivity index (χ1n) is 6.88. The Bertz CT molecular complexity index is 511. The average molecular weight is 288 g/mol. The van der Waals surface area contributed by atoms with Crippen LogP contribution < -0.4 is 5.32 Å². The summed E-state index contributed by atoms with van der Waals surface area (Å²) < 4.78 is 0. The van der Waals surface area contributed by atoms with Crippen molar-refractivity contribution in [1.82, 2.24) is 10.2 Å². The topological polar surface area (TPSA) is 32.3 Å². The minimum atomic E-state index is 0.0110. The molecule has 0 aliphatic rings. The summed E-state index contributed by atoms with van der Waals surface area (Å²) in [4.78, 5) is 15.2. The summed E-state index contributed by atoms with van der Waals surface area (Å²) in [5.74, 6) is 0. The number of hydrogen-bond acceptors (Lipinski definition) is 2. The number of rotatable bonds is 6. The van der Waals surface area contributed by atoms with Gasteiger partial charge in [0.1, 0.15) is 0 Å². The van der Waals surface area contributed by atoms with Gasteiger partial charge in [-0.25, -0.2) is 4.79 Å². The number of carbonyl (C=O) groups is 1. The molecule has 1 aromatic carbocycles. The minimum Gasteiger partial charge on any atom is -0.338 e. The molecule has 0 atom stereocenters. The van der Waals surface area contributed by atoms with Crippen molar-refractivity contribution in [2.24, 2.45) is 0 Å². The Balaban J connectivity index is 1.77. The Hall–Kier alpha value is -1.81. The molecule has 0 unspecified atom stereocenters. The molecule has 2 rings (SSSR count). The highest BCUT2D eigenvalue weighted by Gasteiger charge is 2.11. The Kier molecular flexibility index (Phi) is 5.62. The van der Waals surface area contributed by atoms with Crippen LogP contribution in [0.2, 0.25) is 0 Å². The molecule has 0 saturated carbocycles. The molecule has 1 aromatic heterocycles.